The van der Waals surface area contributed by atoms with Gasteiger partial charge in [0, 0.05) is 24.1 Å². The maximum atomic E-state index is 12.6. The molecular weight excluding hydrogens is 367 g/mol. The van der Waals surface area contributed by atoms with Crippen molar-refractivity contribution in [3.05, 3.63) is 83.6 Å². The number of rotatable bonds is 3. The zero-order valence-corrected chi connectivity index (χ0v) is 14.7. The molecule has 1 aliphatic rings. The van der Waals surface area contributed by atoms with E-state index in [9.17, 15) is 18.0 Å². The highest BCUT2D eigenvalue weighted by Gasteiger charge is 2.30. The standard InChI is InChI=1S/C21H16F3N3O/c22-21(23,24)16-6-8-17(9-7-16)26-20(28)15-5-10-19(25-13-15)27-12-11-14-3-1-2-4-18(14)27/h1-10,13H,11-12H2,(H,26,28). The molecule has 4 nitrogen and oxygen atoms in total. The summed E-state index contributed by atoms with van der Waals surface area (Å²) in [4.78, 5) is 18.8. The van der Waals surface area contributed by atoms with Crippen LogP contribution in [-0.2, 0) is 12.6 Å². The number of anilines is 3. The SMILES string of the molecule is O=C(Nc1ccc(C(F)(F)F)cc1)c1ccc(N2CCc3ccccc32)nc1. The predicted octanol–water partition coefficient (Wildman–Crippen LogP) is 5.05. The summed E-state index contributed by atoms with van der Waals surface area (Å²) in [5, 5.41) is 2.58. The Morgan fingerprint density at radius 3 is 2.43 bits per heavy atom. The van der Waals surface area contributed by atoms with Crippen LogP contribution in [-0.4, -0.2) is 17.4 Å². The zero-order chi connectivity index (χ0) is 19.7. The van der Waals surface area contributed by atoms with Crippen molar-refractivity contribution >= 4 is 23.1 Å². The van der Waals surface area contributed by atoms with Crippen LogP contribution >= 0.6 is 0 Å². The molecule has 0 spiro atoms. The Morgan fingerprint density at radius 2 is 1.75 bits per heavy atom. The summed E-state index contributed by atoms with van der Waals surface area (Å²) >= 11 is 0. The van der Waals surface area contributed by atoms with E-state index >= 15 is 0 Å². The van der Waals surface area contributed by atoms with Crippen molar-refractivity contribution in [1.29, 1.82) is 0 Å². The topological polar surface area (TPSA) is 45.2 Å². The smallest absolute Gasteiger partial charge is 0.326 e. The molecule has 0 unspecified atom stereocenters. The highest BCUT2D eigenvalue weighted by atomic mass is 19.4. The molecule has 1 aromatic heterocycles. The molecule has 4 rings (SSSR count). The Kier molecular flexibility index (Phi) is 4.50. The number of nitrogens with one attached hydrogen (secondary N) is 1. The maximum absolute atomic E-state index is 12.6. The summed E-state index contributed by atoms with van der Waals surface area (Å²) in [6.07, 6.45) is -2.00. The summed E-state index contributed by atoms with van der Waals surface area (Å²) < 4.78 is 37.8. The van der Waals surface area contributed by atoms with E-state index in [1.165, 1.54) is 23.9 Å². The van der Waals surface area contributed by atoms with Crippen LogP contribution in [0.15, 0.2) is 66.9 Å². The van der Waals surface area contributed by atoms with Gasteiger partial charge >= 0.3 is 6.18 Å². The van der Waals surface area contributed by atoms with Gasteiger partial charge in [-0.2, -0.15) is 13.2 Å². The summed E-state index contributed by atoms with van der Waals surface area (Å²) in [7, 11) is 0. The van der Waals surface area contributed by atoms with Gasteiger partial charge in [0.1, 0.15) is 5.82 Å². The molecule has 1 N–H and O–H groups in total. The number of para-hydroxylation sites is 1. The third-order valence-corrected chi connectivity index (χ3v) is 4.64. The number of benzene rings is 2. The summed E-state index contributed by atoms with van der Waals surface area (Å²) in [5.41, 5.74) is 2.22. The van der Waals surface area contributed by atoms with Crippen LogP contribution in [0.1, 0.15) is 21.5 Å². The highest BCUT2D eigenvalue weighted by Crippen LogP contribution is 2.33. The third-order valence-electron chi connectivity index (χ3n) is 4.64. The number of pyridine rings is 1. The van der Waals surface area contributed by atoms with Crippen molar-refractivity contribution < 1.29 is 18.0 Å². The summed E-state index contributed by atoms with van der Waals surface area (Å²) in [6.45, 7) is 0.823. The Balaban J connectivity index is 1.46. The fourth-order valence-corrected chi connectivity index (χ4v) is 3.20. The monoisotopic (exact) mass is 383 g/mol. The van der Waals surface area contributed by atoms with Crippen molar-refractivity contribution in [1.82, 2.24) is 4.98 Å². The van der Waals surface area contributed by atoms with Crippen LogP contribution in [0.4, 0.5) is 30.4 Å². The molecule has 7 heteroatoms. The third kappa shape index (κ3) is 3.55. The molecule has 0 radical (unpaired) electrons. The molecule has 142 valence electrons. The second-order valence-corrected chi connectivity index (χ2v) is 6.46. The minimum absolute atomic E-state index is 0.288. The lowest BCUT2D eigenvalue weighted by atomic mass is 10.2. The summed E-state index contributed by atoms with van der Waals surface area (Å²) in [6, 6.07) is 15.8. The fraction of sp³-hybridized carbons (Fsp3) is 0.143. The van der Waals surface area contributed by atoms with Crippen LogP contribution in [0.3, 0.4) is 0 Å². The predicted molar refractivity (Wildman–Crippen MR) is 101 cm³/mol. The minimum atomic E-state index is -4.41. The first-order chi connectivity index (χ1) is 13.4. The molecule has 1 aliphatic heterocycles. The number of carbonyl (C=O) groups is 1. The number of fused-ring (bicyclic) bond motifs is 1. The molecule has 0 saturated heterocycles. The average Bonchev–Trinajstić information content (AvgIpc) is 3.12. The first-order valence-electron chi connectivity index (χ1n) is 8.72. The molecule has 2 heterocycles. The highest BCUT2D eigenvalue weighted by molar-refractivity contribution is 6.04. The van der Waals surface area contributed by atoms with Gasteiger partial charge in [0.2, 0.25) is 0 Å². The number of halogens is 3. The number of hydrogen-bond donors (Lipinski definition) is 1. The molecule has 2 aromatic carbocycles. The fourth-order valence-electron chi connectivity index (χ4n) is 3.20. The van der Waals surface area contributed by atoms with E-state index in [4.69, 9.17) is 0 Å². The van der Waals surface area contributed by atoms with Crippen molar-refractivity contribution in [3.8, 4) is 0 Å². The summed E-state index contributed by atoms with van der Waals surface area (Å²) in [5.74, 6) is 0.316. The van der Waals surface area contributed by atoms with E-state index in [1.54, 1.807) is 12.1 Å². The number of carbonyl (C=O) groups excluding carboxylic acids is 1. The molecule has 28 heavy (non-hydrogen) atoms. The lowest BCUT2D eigenvalue weighted by Gasteiger charge is -2.18. The number of aromatic nitrogens is 1. The average molecular weight is 383 g/mol. The van der Waals surface area contributed by atoms with E-state index < -0.39 is 17.6 Å². The molecule has 0 atom stereocenters. The van der Waals surface area contributed by atoms with Gasteiger partial charge in [-0.05, 0) is 54.4 Å². The molecule has 0 saturated carbocycles. The van der Waals surface area contributed by atoms with Gasteiger partial charge in [0.15, 0.2) is 0 Å². The Hall–Kier alpha value is -3.35. The minimum Gasteiger partial charge on any atom is -0.326 e. The van der Waals surface area contributed by atoms with Crippen LogP contribution in [0, 0.1) is 0 Å². The van der Waals surface area contributed by atoms with Crippen molar-refractivity contribution in [3.63, 3.8) is 0 Å². The van der Waals surface area contributed by atoms with Crippen LogP contribution in [0.2, 0.25) is 0 Å². The van der Waals surface area contributed by atoms with Crippen molar-refractivity contribution in [2.75, 3.05) is 16.8 Å². The van der Waals surface area contributed by atoms with Gasteiger partial charge in [-0.1, -0.05) is 18.2 Å². The molecular formula is C21H16F3N3O. The molecule has 0 bridgehead atoms. The van der Waals surface area contributed by atoms with E-state index in [1.807, 2.05) is 18.2 Å². The Bertz CT molecular complexity index is 999. The Labute approximate surface area is 159 Å². The number of alkyl halides is 3. The Morgan fingerprint density at radius 1 is 1.00 bits per heavy atom. The number of nitrogens with zero attached hydrogens (tertiary/aromatic N) is 2. The molecule has 0 aliphatic carbocycles. The second-order valence-electron chi connectivity index (χ2n) is 6.46. The first-order valence-corrected chi connectivity index (χ1v) is 8.72. The zero-order valence-electron chi connectivity index (χ0n) is 14.7. The van der Waals surface area contributed by atoms with E-state index in [0.29, 0.717) is 5.56 Å². The normalized spacial score (nSPS) is 13.3. The first kappa shape index (κ1) is 18.0. The van der Waals surface area contributed by atoms with Crippen molar-refractivity contribution in [2.45, 2.75) is 12.6 Å². The second kappa shape index (κ2) is 6.99. The van der Waals surface area contributed by atoms with E-state index in [2.05, 4.69) is 21.3 Å². The molecule has 0 fully saturated rings. The van der Waals surface area contributed by atoms with Crippen LogP contribution < -0.4 is 10.2 Å². The van der Waals surface area contributed by atoms with Crippen molar-refractivity contribution in [2.24, 2.45) is 0 Å². The number of hydrogen-bond acceptors (Lipinski definition) is 3. The van der Waals surface area contributed by atoms with Gasteiger partial charge in [-0.25, -0.2) is 4.98 Å². The lowest BCUT2D eigenvalue weighted by Crippen LogP contribution is -2.16. The molecule has 3 aromatic rings. The van der Waals surface area contributed by atoms with E-state index in [0.717, 1.165) is 36.6 Å². The molecule has 1 amide bonds. The van der Waals surface area contributed by atoms with Gasteiger partial charge in [-0.3, -0.25) is 4.79 Å². The largest absolute Gasteiger partial charge is 0.416 e. The van der Waals surface area contributed by atoms with Gasteiger partial charge < -0.3 is 10.2 Å². The van der Waals surface area contributed by atoms with Gasteiger partial charge in [0.25, 0.3) is 5.91 Å². The lowest BCUT2D eigenvalue weighted by molar-refractivity contribution is -0.137. The number of amides is 1. The van der Waals surface area contributed by atoms with Crippen LogP contribution in [0.5, 0.6) is 0 Å². The quantitative estimate of drug-likeness (QED) is 0.689. The van der Waals surface area contributed by atoms with E-state index in [-0.39, 0.29) is 5.69 Å². The maximum Gasteiger partial charge on any atom is 0.416 e. The van der Waals surface area contributed by atoms with Crippen LogP contribution in [0.25, 0.3) is 0 Å². The van der Waals surface area contributed by atoms with Gasteiger partial charge in [0.05, 0.1) is 11.1 Å². The van der Waals surface area contributed by atoms with Gasteiger partial charge in [-0.15, -0.1) is 0 Å².